The van der Waals surface area contributed by atoms with Gasteiger partial charge in [-0.3, -0.25) is 4.79 Å². The number of hydrogen-bond acceptors (Lipinski definition) is 7. The highest BCUT2D eigenvalue weighted by molar-refractivity contribution is 6.32. The smallest absolute Gasteiger partial charge is 0.318 e. The molecule has 0 saturated carbocycles. The quantitative estimate of drug-likeness (QED) is 0.421. The lowest BCUT2D eigenvalue weighted by Gasteiger charge is -2.42. The summed E-state index contributed by atoms with van der Waals surface area (Å²) in [4.78, 5) is 27.5. The normalized spacial score (nSPS) is 25.1. The molecule has 2 saturated heterocycles. The first-order valence-corrected chi connectivity index (χ1v) is 14.9. The molecule has 0 unspecified atom stereocenters. The standard InChI is InChI=1S/C31H32ClF3N6O2/c1-18(33)29(42)41-14-13-40(16-19(41)9-11-36)28-21-8-10-31(22-6-3-7-23(32)25(22)26(34)27(31)35)15-24(21)37-30(38-28)43-17-20-5-4-12-39(20)2/h3,6-7,19-20H,1,4-5,8-10,12-17H2,2H3/t19-,20-,31-/m0/s1. The highest BCUT2D eigenvalue weighted by Crippen LogP contribution is 2.56. The van der Waals surface area contributed by atoms with Crippen molar-refractivity contribution in [3.8, 4) is 12.1 Å². The van der Waals surface area contributed by atoms with E-state index in [0.29, 0.717) is 36.6 Å². The summed E-state index contributed by atoms with van der Waals surface area (Å²) in [5.41, 5.74) is 0.680. The first-order chi connectivity index (χ1) is 20.6. The molecule has 1 amide bonds. The third-order valence-corrected chi connectivity index (χ3v) is 9.68. The Bertz CT molecular complexity index is 1560. The predicted molar refractivity (Wildman–Crippen MR) is 156 cm³/mol. The number of allylic oxidation sites excluding steroid dienone is 1. The van der Waals surface area contributed by atoms with Gasteiger partial charge in [0.15, 0.2) is 11.7 Å². The molecule has 43 heavy (non-hydrogen) atoms. The van der Waals surface area contributed by atoms with E-state index in [-0.39, 0.29) is 55.0 Å². The Kier molecular flexibility index (Phi) is 7.86. The summed E-state index contributed by atoms with van der Waals surface area (Å²) in [7, 11) is 2.04. The van der Waals surface area contributed by atoms with Crippen molar-refractivity contribution in [2.24, 2.45) is 0 Å². The second-order valence-corrected chi connectivity index (χ2v) is 12.2. The molecule has 3 atom stereocenters. The van der Waals surface area contributed by atoms with Crippen LogP contribution in [-0.4, -0.2) is 77.6 Å². The van der Waals surface area contributed by atoms with Crippen molar-refractivity contribution < 1.29 is 22.7 Å². The van der Waals surface area contributed by atoms with Gasteiger partial charge in [-0.15, -0.1) is 0 Å². The zero-order valence-electron chi connectivity index (χ0n) is 23.9. The van der Waals surface area contributed by atoms with Crippen molar-refractivity contribution in [3.05, 3.63) is 63.8 Å². The van der Waals surface area contributed by atoms with Crippen LogP contribution in [0.3, 0.4) is 0 Å². The molecule has 226 valence electrons. The highest BCUT2D eigenvalue weighted by Gasteiger charge is 2.50. The zero-order valence-corrected chi connectivity index (χ0v) is 24.6. The number of carbonyl (C=O) groups is 1. The summed E-state index contributed by atoms with van der Waals surface area (Å²) in [5.74, 6) is -3.12. The van der Waals surface area contributed by atoms with Gasteiger partial charge in [0.05, 0.1) is 34.7 Å². The first-order valence-electron chi connectivity index (χ1n) is 14.5. The van der Waals surface area contributed by atoms with E-state index < -0.39 is 34.8 Å². The van der Waals surface area contributed by atoms with Gasteiger partial charge in [0.25, 0.3) is 5.91 Å². The number of anilines is 1. The molecule has 0 radical (unpaired) electrons. The maximum Gasteiger partial charge on any atom is 0.318 e. The number of hydrogen-bond donors (Lipinski definition) is 0. The van der Waals surface area contributed by atoms with E-state index >= 15 is 8.78 Å². The van der Waals surface area contributed by atoms with E-state index in [0.717, 1.165) is 24.9 Å². The third-order valence-electron chi connectivity index (χ3n) is 9.36. The van der Waals surface area contributed by atoms with Gasteiger partial charge in [-0.1, -0.05) is 30.3 Å². The maximum absolute atomic E-state index is 15.8. The van der Waals surface area contributed by atoms with Crippen LogP contribution in [0, 0.1) is 11.3 Å². The Morgan fingerprint density at radius 1 is 1.26 bits per heavy atom. The number of ether oxygens (including phenoxy) is 1. The molecular weight excluding hydrogens is 581 g/mol. The number of nitriles is 1. The largest absolute Gasteiger partial charge is 0.462 e. The van der Waals surface area contributed by atoms with Gasteiger partial charge in [0.1, 0.15) is 18.3 Å². The van der Waals surface area contributed by atoms with Crippen LogP contribution < -0.4 is 9.64 Å². The average Bonchev–Trinajstić information content (AvgIpc) is 3.50. The number of likely N-dealkylation sites (N-methyl/N-ethyl adjacent to an activating group) is 1. The molecule has 2 fully saturated rings. The van der Waals surface area contributed by atoms with E-state index in [4.69, 9.17) is 26.3 Å². The Balaban J connectivity index is 1.38. The van der Waals surface area contributed by atoms with E-state index in [1.54, 1.807) is 18.2 Å². The number of aromatic nitrogens is 2. The second kappa shape index (κ2) is 11.5. The summed E-state index contributed by atoms with van der Waals surface area (Å²) < 4.78 is 51.0. The van der Waals surface area contributed by atoms with Gasteiger partial charge in [0.2, 0.25) is 0 Å². The number of likely N-dealkylation sites (tertiary alicyclic amines) is 1. The Labute approximate surface area is 253 Å². The molecule has 1 spiro atoms. The number of fused-ring (bicyclic) bond motifs is 3. The number of rotatable bonds is 6. The number of amides is 1. The first kappa shape index (κ1) is 29.5. The van der Waals surface area contributed by atoms with Gasteiger partial charge in [-0.25, -0.2) is 13.2 Å². The van der Waals surface area contributed by atoms with Crippen LogP contribution >= 0.6 is 11.6 Å². The van der Waals surface area contributed by atoms with Crippen LogP contribution in [0.5, 0.6) is 6.01 Å². The molecule has 0 N–H and O–H groups in total. The van der Waals surface area contributed by atoms with Gasteiger partial charge in [-0.2, -0.15) is 15.2 Å². The van der Waals surface area contributed by atoms with Crippen LogP contribution in [0.15, 0.2) is 36.4 Å². The summed E-state index contributed by atoms with van der Waals surface area (Å²) >= 11 is 6.32. The van der Waals surface area contributed by atoms with E-state index in [2.05, 4.69) is 17.5 Å². The summed E-state index contributed by atoms with van der Waals surface area (Å²) in [6, 6.07) is 6.81. The fourth-order valence-corrected chi connectivity index (χ4v) is 7.31. The number of benzene rings is 1. The van der Waals surface area contributed by atoms with Crippen molar-refractivity contribution in [1.29, 1.82) is 5.26 Å². The number of halogens is 4. The summed E-state index contributed by atoms with van der Waals surface area (Å²) in [6.07, 6.45) is 2.76. The van der Waals surface area contributed by atoms with Crippen molar-refractivity contribution >= 4 is 29.2 Å². The minimum Gasteiger partial charge on any atom is -0.462 e. The molecule has 6 rings (SSSR count). The molecule has 4 aliphatic rings. The zero-order chi connectivity index (χ0) is 30.5. The van der Waals surface area contributed by atoms with Crippen LogP contribution in [0.25, 0.3) is 5.83 Å². The van der Waals surface area contributed by atoms with Crippen LogP contribution in [0.2, 0.25) is 5.02 Å². The third kappa shape index (κ3) is 5.04. The summed E-state index contributed by atoms with van der Waals surface area (Å²) in [6.45, 7) is 5.19. The fourth-order valence-electron chi connectivity index (χ4n) is 7.05. The topological polar surface area (TPSA) is 85.6 Å². The minimum absolute atomic E-state index is 0.00387. The highest BCUT2D eigenvalue weighted by atomic mass is 35.5. The lowest BCUT2D eigenvalue weighted by molar-refractivity contribution is -0.131. The lowest BCUT2D eigenvalue weighted by atomic mass is 9.69. The molecule has 2 aliphatic carbocycles. The van der Waals surface area contributed by atoms with Crippen molar-refractivity contribution in [3.63, 3.8) is 0 Å². The Morgan fingerprint density at radius 3 is 2.79 bits per heavy atom. The molecule has 2 aliphatic heterocycles. The number of carbonyl (C=O) groups excluding carboxylic acids is 1. The molecule has 1 aromatic heterocycles. The van der Waals surface area contributed by atoms with Crippen LogP contribution in [-0.2, 0) is 23.1 Å². The Morgan fingerprint density at radius 2 is 2.07 bits per heavy atom. The van der Waals surface area contributed by atoms with E-state index in [1.807, 2.05) is 11.9 Å². The molecule has 12 heteroatoms. The average molecular weight is 613 g/mol. The molecule has 1 aromatic carbocycles. The molecule has 8 nitrogen and oxygen atoms in total. The summed E-state index contributed by atoms with van der Waals surface area (Å²) in [5, 5.41) is 9.62. The molecular formula is C31H32ClF3N6O2. The van der Waals surface area contributed by atoms with Gasteiger partial charge < -0.3 is 19.4 Å². The molecule has 0 bridgehead atoms. The van der Waals surface area contributed by atoms with Crippen molar-refractivity contribution in [1.82, 2.24) is 19.8 Å². The number of nitrogens with zero attached hydrogens (tertiary/aromatic N) is 6. The maximum atomic E-state index is 15.8. The minimum atomic E-state index is -1.25. The van der Waals surface area contributed by atoms with Gasteiger partial charge >= 0.3 is 6.01 Å². The Hall–Kier alpha value is -3.62. The fraction of sp³-hybridized carbons (Fsp3) is 0.484. The van der Waals surface area contributed by atoms with Gasteiger partial charge in [0, 0.05) is 43.2 Å². The van der Waals surface area contributed by atoms with Gasteiger partial charge in [-0.05, 0) is 50.9 Å². The number of piperazine rings is 1. The van der Waals surface area contributed by atoms with Crippen LogP contribution in [0.1, 0.15) is 48.1 Å². The monoisotopic (exact) mass is 612 g/mol. The SMILES string of the molecule is C=C(F)C(=O)N1CCN(c2nc(OC[C@@H]3CCCN3C)nc3c2CC[C@@]2(C3)C(F)=C(F)c3c(Cl)cccc32)C[C@@H]1CC#N. The lowest BCUT2D eigenvalue weighted by Crippen LogP contribution is -2.55. The van der Waals surface area contributed by atoms with Crippen molar-refractivity contribution in [2.45, 2.75) is 56.0 Å². The molecule has 2 aromatic rings. The van der Waals surface area contributed by atoms with E-state index in [1.165, 1.54) is 4.90 Å². The second-order valence-electron chi connectivity index (χ2n) is 11.8. The van der Waals surface area contributed by atoms with Crippen molar-refractivity contribution in [2.75, 3.05) is 44.7 Å². The predicted octanol–water partition coefficient (Wildman–Crippen LogP) is 5.06. The molecule has 3 heterocycles. The van der Waals surface area contributed by atoms with E-state index in [9.17, 15) is 14.4 Å². The van der Waals surface area contributed by atoms with Crippen LogP contribution in [0.4, 0.5) is 19.0 Å².